The summed E-state index contributed by atoms with van der Waals surface area (Å²) < 4.78 is 26.5. The fourth-order valence-electron chi connectivity index (χ4n) is 2.39. The number of anilines is 1. The van der Waals surface area contributed by atoms with E-state index in [2.05, 4.69) is 15.6 Å². The third-order valence-electron chi connectivity index (χ3n) is 3.59. The molecule has 1 aliphatic heterocycles. The van der Waals surface area contributed by atoms with Crippen LogP contribution >= 0.6 is 11.3 Å². The maximum atomic E-state index is 13.6. The minimum atomic E-state index is -0.594. The Balaban J connectivity index is 1.64. The summed E-state index contributed by atoms with van der Waals surface area (Å²) in [7, 11) is 0. The molecule has 0 radical (unpaired) electrons. The monoisotopic (exact) mass is 323 g/mol. The molecule has 4 nitrogen and oxygen atoms in total. The van der Waals surface area contributed by atoms with Gasteiger partial charge in [0, 0.05) is 30.1 Å². The lowest BCUT2D eigenvalue weighted by Crippen LogP contribution is -2.24. The number of nitrogens with zero attached hydrogens (tertiary/aromatic N) is 1. The molecule has 1 unspecified atom stereocenters. The van der Waals surface area contributed by atoms with Crippen molar-refractivity contribution in [3.63, 3.8) is 0 Å². The Morgan fingerprint density at radius 2 is 2.32 bits per heavy atom. The van der Waals surface area contributed by atoms with Gasteiger partial charge in [-0.15, -0.1) is 11.3 Å². The summed E-state index contributed by atoms with van der Waals surface area (Å²) in [5.41, 5.74) is 0.405. The van der Waals surface area contributed by atoms with Gasteiger partial charge in [-0.1, -0.05) is 6.07 Å². The second-order valence-corrected chi connectivity index (χ2v) is 6.34. The molecule has 1 aliphatic rings. The molecular formula is C15H15F2N3OS. The van der Waals surface area contributed by atoms with Crippen LogP contribution in [0.4, 0.5) is 13.9 Å². The molecule has 1 fully saturated rings. The number of rotatable bonds is 4. The van der Waals surface area contributed by atoms with Gasteiger partial charge in [-0.3, -0.25) is 4.79 Å². The van der Waals surface area contributed by atoms with Crippen LogP contribution in [0.25, 0.3) is 0 Å². The number of thiazole rings is 1. The molecule has 0 bridgehead atoms. The third kappa shape index (κ3) is 3.48. The van der Waals surface area contributed by atoms with Crippen molar-refractivity contribution in [1.82, 2.24) is 10.3 Å². The lowest BCUT2D eigenvalue weighted by molar-refractivity contribution is -0.119. The maximum Gasteiger partial charge on any atom is 0.230 e. The van der Waals surface area contributed by atoms with Gasteiger partial charge in [0.2, 0.25) is 5.91 Å². The van der Waals surface area contributed by atoms with Crippen LogP contribution in [0.5, 0.6) is 0 Å². The highest BCUT2D eigenvalue weighted by Crippen LogP contribution is 2.23. The zero-order valence-corrected chi connectivity index (χ0v) is 12.6. The van der Waals surface area contributed by atoms with Crippen molar-refractivity contribution < 1.29 is 13.6 Å². The van der Waals surface area contributed by atoms with Crippen LogP contribution in [0.2, 0.25) is 0 Å². The summed E-state index contributed by atoms with van der Waals surface area (Å²) in [5.74, 6) is -1.24. The first-order chi connectivity index (χ1) is 10.6. The Morgan fingerprint density at radius 3 is 3.05 bits per heavy atom. The van der Waals surface area contributed by atoms with E-state index in [1.165, 1.54) is 23.5 Å². The summed E-state index contributed by atoms with van der Waals surface area (Å²) in [6, 6.07) is 3.52. The molecule has 3 rings (SSSR count). The van der Waals surface area contributed by atoms with Crippen LogP contribution in [0, 0.1) is 17.6 Å². The van der Waals surface area contributed by atoms with Crippen LogP contribution in [-0.4, -0.2) is 24.0 Å². The summed E-state index contributed by atoms with van der Waals surface area (Å²) >= 11 is 1.30. The number of carbonyl (C=O) groups is 1. The van der Waals surface area contributed by atoms with Crippen molar-refractivity contribution >= 4 is 22.4 Å². The molecule has 116 valence electrons. The highest BCUT2D eigenvalue weighted by atomic mass is 32.1. The van der Waals surface area contributed by atoms with Crippen molar-refractivity contribution in [2.75, 3.05) is 18.4 Å². The predicted octanol–water partition coefficient (Wildman–Crippen LogP) is 2.56. The molecule has 22 heavy (non-hydrogen) atoms. The van der Waals surface area contributed by atoms with E-state index < -0.39 is 11.6 Å². The van der Waals surface area contributed by atoms with Gasteiger partial charge in [-0.2, -0.15) is 0 Å². The predicted molar refractivity (Wildman–Crippen MR) is 80.9 cm³/mol. The largest absolute Gasteiger partial charge is 0.316 e. The van der Waals surface area contributed by atoms with E-state index >= 15 is 0 Å². The fourth-order valence-corrected chi connectivity index (χ4v) is 3.22. The SMILES string of the molecule is O=C(Nc1ncc(Cc2ccc(F)cc2F)s1)C1CCNC1. The highest BCUT2D eigenvalue weighted by Gasteiger charge is 2.23. The Kier molecular flexibility index (Phi) is 4.44. The average Bonchev–Trinajstić information content (AvgIpc) is 3.13. The molecule has 7 heteroatoms. The molecule has 1 amide bonds. The van der Waals surface area contributed by atoms with Gasteiger partial charge < -0.3 is 10.6 Å². The van der Waals surface area contributed by atoms with E-state index in [1.54, 1.807) is 6.20 Å². The summed E-state index contributed by atoms with van der Waals surface area (Å²) in [4.78, 5) is 16.9. The van der Waals surface area contributed by atoms with E-state index in [0.29, 0.717) is 23.7 Å². The van der Waals surface area contributed by atoms with E-state index in [4.69, 9.17) is 0 Å². The van der Waals surface area contributed by atoms with Gasteiger partial charge >= 0.3 is 0 Å². The average molecular weight is 323 g/mol. The first kappa shape index (κ1) is 15.1. The second-order valence-electron chi connectivity index (χ2n) is 5.22. The molecule has 1 aromatic carbocycles. The molecule has 0 spiro atoms. The minimum Gasteiger partial charge on any atom is -0.316 e. The zero-order valence-electron chi connectivity index (χ0n) is 11.7. The molecule has 2 N–H and O–H groups in total. The Hall–Kier alpha value is -1.86. The molecule has 1 atom stereocenters. The number of hydrogen-bond acceptors (Lipinski definition) is 4. The molecule has 1 saturated heterocycles. The summed E-state index contributed by atoms with van der Waals surface area (Å²) in [5, 5.41) is 6.43. The van der Waals surface area contributed by atoms with Gasteiger partial charge in [0.25, 0.3) is 0 Å². The quantitative estimate of drug-likeness (QED) is 0.909. The molecule has 1 aromatic heterocycles. The number of amides is 1. The van der Waals surface area contributed by atoms with E-state index in [1.807, 2.05) is 0 Å². The van der Waals surface area contributed by atoms with Crippen LogP contribution in [0.1, 0.15) is 16.9 Å². The van der Waals surface area contributed by atoms with Gasteiger partial charge in [0.1, 0.15) is 11.6 Å². The van der Waals surface area contributed by atoms with Crippen LogP contribution in [0.3, 0.4) is 0 Å². The lowest BCUT2D eigenvalue weighted by atomic mass is 10.1. The molecule has 0 aliphatic carbocycles. The van der Waals surface area contributed by atoms with Crippen LogP contribution < -0.4 is 10.6 Å². The zero-order chi connectivity index (χ0) is 15.5. The maximum absolute atomic E-state index is 13.6. The van der Waals surface area contributed by atoms with E-state index in [-0.39, 0.29) is 11.8 Å². The lowest BCUT2D eigenvalue weighted by Gasteiger charge is -2.06. The van der Waals surface area contributed by atoms with E-state index in [9.17, 15) is 13.6 Å². The minimum absolute atomic E-state index is 0.0260. The van der Waals surface area contributed by atoms with Crippen LogP contribution in [0.15, 0.2) is 24.4 Å². The first-order valence-corrected chi connectivity index (χ1v) is 7.83. The number of halogens is 2. The Bertz CT molecular complexity index is 683. The summed E-state index contributed by atoms with van der Waals surface area (Å²) in [6.07, 6.45) is 2.76. The van der Waals surface area contributed by atoms with Crippen molar-refractivity contribution in [1.29, 1.82) is 0 Å². The van der Waals surface area contributed by atoms with Crippen molar-refractivity contribution in [3.8, 4) is 0 Å². The van der Waals surface area contributed by atoms with Crippen molar-refractivity contribution in [2.45, 2.75) is 12.8 Å². The van der Waals surface area contributed by atoms with Crippen molar-refractivity contribution in [2.24, 2.45) is 5.92 Å². The normalized spacial score (nSPS) is 17.6. The highest BCUT2D eigenvalue weighted by molar-refractivity contribution is 7.15. The molecule has 2 aromatic rings. The number of aromatic nitrogens is 1. The fraction of sp³-hybridized carbons (Fsp3) is 0.333. The molecule has 2 heterocycles. The second kappa shape index (κ2) is 6.50. The van der Waals surface area contributed by atoms with Crippen molar-refractivity contribution in [3.05, 3.63) is 46.5 Å². The Morgan fingerprint density at radius 1 is 1.45 bits per heavy atom. The standard InChI is InChI=1S/C15H15F2N3OS/c16-11-2-1-9(13(17)6-11)5-12-8-19-15(22-12)20-14(21)10-3-4-18-7-10/h1-2,6,8,10,18H,3-5,7H2,(H,19,20,21). The summed E-state index contributed by atoms with van der Waals surface area (Å²) in [6.45, 7) is 1.54. The van der Waals surface area contributed by atoms with Crippen LogP contribution in [-0.2, 0) is 11.2 Å². The number of nitrogens with one attached hydrogen (secondary N) is 2. The van der Waals surface area contributed by atoms with Gasteiger partial charge in [-0.25, -0.2) is 13.8 Å². The number of hydrogen-bond donors (Lipinski definition) is 2. The molecular weight excluding hydrogens is 308 g/mol. The smallest absolute Gasteiger partial charge is 0.230 e. The number of benzene rings is 1. The Labute approximate surface area is 130 Å². The number of carbonyl (C=O) groups excluding carboxylic acids is 1. The van der Waals surface area contributed by atoms with Gasteiger partial charge in [-0.05, 0) is 24.6 Å². The topological polar surface area (TPSA) is 54.0 Å². The molecule has 0 saturated carbocycles. The van der Waals surface area contributed by atoms with E-state index in [0.717, 1.165) is 23.9 Å². The third-order valence-corrected chi connectivity index (χ3v) is 4.51. The van der Waals surface area contributed by atoms with Gasteiger partial charge in [0.05, 0.1) is 5.92 Å². The van der Waals surface area contributed by atoms with Gasteiger partial charge in [0.15, 0.2) is 5.13 Å². The first-order valence-electron chi connectivity index (χ1n) is 7.02.